The Morgan fingerprint density at radius 1 is 0.828 bits per heavy atom. The molecule has 0 aliphatic carbocycles. The van der Waals surface area contributed by atoms with Crippen molar-refractivity contribution in [1.82, 2.24) is 0 Å². The Bertz CT molecular complexity index is 1060. The van der Waals surface area contributed by atoms with Gasteiger partial charge < -0.3 is 0 Å². The molecular weight excluding hydrogens is 520 g/mol. The van der Waals surface area contributed by atoms with Crippen LogP contribution in [0.15, 0.2) is 51.4 Å². The highest BCUT2D eigenvalue weighted by atomic mass is 79.9. The first kappa shape index (κ1) is 22.8. The second-order valence-electron chi connectivity index (χ2n) is 8.58. The summed E-state index contributed by atoms with van der Waals surface area (Å²) in [5, 5.41) is 2.43. The molecule has 0 bridgehead atoms. The summed E-state index contributed by atoms with van der Waals surface area (Å²) in [5.74, 6) is 6.87. The van der Waals surface area contributed by atoms with Gasteiger partial charge >= 0.3 is 0 Å². The number of halogens is 2. The Kier molecular flexibility index (Phi) is 7.16. The Balaban J connectivity index is 2.06. The smallest absolute Gasteiger partial charge is 0.107 e. The molecule has 0 N–H and O–H groups in total. The largest absolute Gasteiger partial charge is 0.135 e. The zero-order chi connectivity index (χ0) is 21.3. The number of benzene rings is 2. The summed E-state index contributed by atoms with van der Waals surface area (Å²) in [7, 11) is -1.66. The molecule has 0 saturated carbocycles. The molecule has 0 nitrogen and oxygen atoms in total. The maximum Gasteiger partial charge on any atom is 0.107 e. The third-order valence-corrected chi connectivity index (χ3v) is 16.9. The van der Waals surface area contributed by atoms with E-state index in [2.05, 4.69) is 128 Å². The van der Waals surface area contributed by atoms with E-state index < -0.39 is 8.07 Å². The molecule has 3 aromatic rings. The molecule has 4 heteroatoms. The molecule has 0 fully saturated rings. The van der Waals surface area contributed by atoms with E-state index in [-0.39, 0.29) is 0 Å². The van der Waals surface area contributed by atoms with Crippen LogP contribution in [-0.4, -0.2) is 8.07 Å². The molecule has 0 unspecified atom stereocenters. The molecule has 152 valence electrons. The highest BCUT2D eigenvalue weighted by molar-refractivity contribution is 9.11. The summed E-state index contributed by atoms with van der Waals surface area (Å²) in [6, 6.07) is 15.0. The Hall–Kier alpha value is -0.863. The van der Waals surface area contributed by atoms with Crippen molar-refractivity contribution in [2.75, 3.05) is 0 Å². The SMILES string of the molecule is CC(C)[Si](c1cc(Br)c(C#Cc2ccc3ccccc3c2Br)s1)(C(C)C)C(C)C. The van der Waals surface area contributed by atoms with Gasteiger partial charge in [0.15, 0.2) is 0 Å². The van der Waals surface area contributed by atoms with Gasteiger partial charge in [0, 0.05) is 14.5 Å². The first-order valence-corrected chi connectivity index (χ1v) is 14.8. The second kappa shape index (κ2) is 9.10. The van der Waals surface area contributed by atoms with Crippen LogP contribution in [-0.2, 0) is 0 Å². The standard InChI is InChI=1S/C25H28Br2SSi/c1-16(2)29(17(3)4,18(5)6)24-15-22(26)23(28-24)14-13-20-12-11-19-9-7-8-10-21(19)25(20)27/h7-12,15-18H,1-6H3. The molecular formula is C25H28Br2SSi. The summed E-state index contributed by atoms with van der Waals surface area (Å²) in [4.78, 5) is 1.14. The van der Waals surface area contributed by atoms with Gasteiger partial charge in [-0.2, -0.15) is 0 Å². The van der Waals surface area contributed by atoms with Gasteiger partial charge in [0.2, 0.25) is 0 Å². The van der Waals surface area contributed by atoms with Crippen molar-refractivity contribution < 1.29 is 0 Å². The Labute approximate surface area is 197 Å². The highest BCUT2D eigenvalue weighted by Gasteiger charge is 2.45. The van der Waals surface area contributed by atoms with Gasteiger partial charge in [0.1, 0.15) is 8.07 Å². The molecule has 0 aliphatic heterocycles. The highest BCUT2D eigenvalue weighted by Crippen LogP contribution is 2.43. The van der Waals surface area contributed by atoms with Gasteiger partial charge in [0.05, 0.1) is 4.88 Å². The summed E-state index contributed by atoms with van der Waals surface area (Å²) in [6.45, 7) is 14.5. The zero-order valence-corrected chi connectivity index (χ0v) is 22.9. The van der Waals surface area contributed by atoms with Crippen LogP contribution in [0.25, 0.3) is 10.8 Å². The molecule has 3 rings (SSSR count). The minimum Gasteiger partial charge on any atom is -0.135 e. The lowest BCUT2D eigenvalue weighted by atomic mass is 10.1. The van der Waals surface area contributed by atoms with Gasteiger partial charge in [0.25, 0.3) is 0 Å². The van der Waals surface area contributed by atoms with E-state index in [0.717, 1.165) is 19.4 Å². The van der Waals surface area contributed by atoms with Crippen molar-refractivity contribution in [3.8, 4) is 11.8 Å². The van der Waals surface area contributed by atoms with E-state index >= 15 is 0 Å². The van der Waals surface area contributed by atoms with E-state index in [9.17, 15) is 0 Å². The van der Waals surface area contributed by atoms with Gasteiger partial charge in [-0.1, -0.05) is 77.8 Å². The molecule has 1 aromatic heterocycles. The predicted octanol–water partition coefficient (Wildman–Crippen LogP) is 8.71. The quantitative estimate of drug-likeness (QED) is 0.226. The fourth-order valence-corrected chi connectivity index (χ4v) is 16.4. The van der Waals surface area contributed by atoms with Crippen LogP contribution in [0.3, 0.4) is 0 Å². The van der Waals surface area contributed by atoms with E-state index in [1.165, 1.54) is 10.8 Å². The van der Waals surface area contributed by atoms with Crippen LogP contribution in [0.5, 0.6) is 0 Å². The van der Waals surface area contributed by atoms with Gasteiger partial charge in [-0.05, 0) is 81.8 Å². The number of hydrogen-bond donors (Lipinski definition) is 0. The normalized spacial score (nSPS) is 12.1. The first-order chi connectivity index (χ1) is 13.7. The summed E-state index contributed by atoms with van der Waals surface area (Å²) < 4.78 is 3.79. The summed E-state index contributed by atoms with van der Waals surface area (Å²) >= 11 is 9.48. The lowest BCUT2D eigenvalue weighted by molar-refractivity contribution is 0.837. The van der Waals surface area contributed by atoms with Crippen molar-refractivity contribution in [2.45, 2.75) is 58.2 Å². The number of rotatable bonds is 4. The number of fused-ring (bicyclic) bond motifs is 1. The maximum atomic E-state index is 3.81. The number of hydrogen-bond acceptors (Lipinski definition) is 1. The second-order valence-corrected chi connectivity index (χ2v) is 17.5. The Morgan fingerprint density at radius 2 is 1.45 bits per heavy atom. The van der Waals surface area contributed by atoms with Gasteiger partial charge in [-0.15, -0.1) is 11.3 Å². The average molecular weight is 548 g/mol. The van der Waals surface area contributed by atoms with Gasteiger partial charge in [-0.3, -0.25) is 0 Å². The van der Waals surface area contributed by atoms with E-state index in [0.29, 0.717) is 16.6 Å². The van der Waals surface area contributed by atoms with Crippen LogP contribution in [0.2, 0.25) is 16.6 Å². The molecule has 1 heterocycles. The fourth-order valence-electron chi connectivity index (χ4n) is 4.98. The van der Waals surface area contributed by atoms with Crippen molar-refractivity contribution in [3.63, 3.8) is 0 Å². The fraction of sp³-hybridized carbons (Fsp3) is 0.360. The summed E-state index contributed by atoms with van der Waals surface area (Å²) in [6.07, 6.45) is 0. The van der Waals surface area contributed by atoms with E-state index in [1.807, 2.05) is 11.3 Å². The van der Waals surface area contributed by atoms with E-state index in [4.69, 9.17) is 0 Å². The Morgan fingerprint density at radius 3 is 2.07 bits per heavy atom. The molecule has 0 radical (unpaired) electrons. The van der Waals surface area contributed by atoms with Crippen molar-refractivity contribution in [2.24, 2.45) is 0 Å². The van der Waals surface area contributed by atoms with Crippen LogP contribution in [0, 0.1) is 11.8 Å². The monoisotopic (exact) mass is 546 g/mol. The molecule has 29 heavy (non-hydrogen) atoms. The molecule has 2 aromatic carbocycles. The third-order valence-electron chi connectivity index (χ3n) is 6.15. The van der Waals surface area contributed by atoms with Crippen LogP contribution >= 0.6 is 43.2 Å². The van der Waals surface area contributed by atoms with E-state index in [1.54, 1.807) is 4.50 Å². The minimum absolute atomic E-state index is 0.698. The molecule has 0 amide bonds. The lowest BCUT2D eigenvalue weighted by Crippen LogP contribution is -2.54. The minimum atomic E-state index is -1.66. The van der Waals surface area contributed by atoms with Crippen LogP contribution in [0.1, 0.15) is 52.0 Å². The molecule has 0 atom stereocenters. The zero-order valence-electron chi connectivity index (χ0n) is 17.9. The third kappa shape index (κ3) is 4.17. The maximum absolute atomic E-state index is 3.81. The van der Waals surface area contributed by atoms with Crippen LogP contribution < -0.4 is 4.50 Å². The van der Waals surface area contributed by atoms with Gasteiger partial charge in [-0.25, -0.2) is 0 Å². The average Bonchev–Trinajstić information content (AvgIpc) is 3.01. The molecule has 0 saturated heterocycles. The summed E-state index contributed by atoms with van der Waals surface area (Å²) in [5.41, 5.74) is 3.13. The van der Waals surface area contributed by atoms with Crippen molar-refractivity contribution in [1.29, 1.82) is 0 Å². The van der Waals surface area contributed by atoms with Crippen molar-refractivity contribution in [3.05, 3.63) is 61.9 Å². The molecule has 0 aliphatic rings. The van der Waals surface area contributed by atoms with Crippen LogP contribution in [0.4, 0.5) is 0 Å². The number of thiophene rings is 1. The predicted molar refractivity (Wildman–Crippen MR) is 140 cm³/mol. The lowest BCUT2D eigenvalue weighted by Gasteiger charge is -2.42. The topological polar surface area (TPSA) is 0 Å². The van der Waals surface area contributed by atoms with Crippen molar-refractivity contribution >= 4 is 66.5 Å². The molecule has 0 spiro atoms. The first-order valence-electron chi connectivity index (χ1n) is 10.2.